The third-order valence-corrected chi connectivity index (χ3v) is 2.56. The molecule has 0 N–H and O–H groups in total. The maximum absolute atomic E-state index is 11.8. The van der Waals surface area contributed by atoms with Crippen LogP contribution in [0, 0.1) is 0 Å². The zero-order chi connectivity index (χ0) is 11.0. The summed E-state index contributed by atoms with van der Waals surface area (Å²) in [5.41, 5.74) is 0.787. The van der Waals surface area contributed by atoms with E-state index >= 15 is 0 Å². The van der Waals surface area contributed by atoms with Crippen molar-refractivity contribution in [3.8, 4) is 0 Å². The summed E-state index contributed by atoms with van der Waals surface area (Å²) in [6, 6.07) is 2.70. The molecule has 1 aromatic rings. The fourth-order valence-corrected chi connectivity index (χ4v) is 1.70. The maximum atomic E-state index is 11.8. The van der Waals surface area contributed by atoms with Crippen LogP contribution in [0.15, 0.2) is 24.5 Å². The third-order valence-electron chi connectivity index (χ3n) is 2.56. The molecule has 78 valence electrons. The first-order valence-electron chi connectivity index (χ1n) is 4.57. The lowest BCUT2D eigenvalue weighted by Gasteiger charge is -2.15. The average Bonchev–Trinajstić information content (AvgIpc) is 2.45. The number of hydrogen-bond donors (Lipinski definition) is 0. The molecule has 0 saturated carbocycles. The molecular weight excluding hydrogens is 194 g/mol. The minimum Gasteiger partial charge on any atom is -0.311 e. The maximum Gasteiger partial charge on any atom is 0.327 e. The molecule has 0 spiro atoms. The smallest absolute Gasteiger partial charge is 0.311 e. The third kappa shape index (κ3) is 1.36. The topological polar surface area (TPSA) is 53.5 Å². The Morgan fingerprint density at radius 1 is 1.20 bits per heavy atom. The van der Waals surface area contributed by atoms with Crippen molar-refractivity contribution in [2.45, 2.75) is 6.04 Å². The lowest BCUT2D eigenvalue weighted by molar-refractivity contribution is -0.127. The Bertz CT molecular complexity index is 404. The minimum absolute atomic E-state index is 0.200. The number of aromatic nitrogens is 1. The standard InChI is InChI=1S/C10H11N3O2/c1-12-8(7-3-5-11-6-4-7)9(14)13(2)10(12)15/h3-6,8H,1-2H3. The Hall–Kier alpha value is -1.91. The summed E-state index contributed by atoms with van der Waals surface area (Å²) in [5.74, 6) is -0.200. The molecule has 0 radical (unpaired) electrons. The fourth-order valence-electron chi connectivity index (χ4n) is 1.70. The van der Waals surface area contributed by atoms with Gasteiger partial charge in [0, 0.05) is 26.5 Å². The van der Waals surface area contributed by atoms with Crippen molar-refractivity contribution in [2.75, 3.05) is 14.1 Å². The second kappa shape index (κ2) is 3.34. The van der Waals surface area contributed by atoms with E-state index in [4.69, 9.17) is 0 Å². The van der Waals surface area contributed by atoms with Crippen LogP contribution in [-0.2, 0) is 4.79 Å². The van der Waals surface area contributed by atoms with Crippen molar-refractivity contribution < 1.29 is 9.59 Å². The van der Waals surface area contributed by atoms with E-state index in [1.54, 1.807) is 31.6 Å². The van der Waals surface area contributed by atoms with Crippen molar-refractivity contribution >= 4 is 11.9 Å². The van der Waals surface area contributed by atoms with Gasteiger partial charge in [-0.3, -0.25) is 14.7 Å². The minimum atomic E-state index is -0.509. The van der Waals surface area contributed by atoms with Gasteiger partial charge in [0.1, 0.15) is 6.04 Å². The highest BCUT2D eigenvalue weighted by molar-refractivity contribution is 6.04. The van der Waals surface area contributed by atoms with Crippen LogP contribution in [0.2, 0.25) is 0 Å². The molecule has 1 atom stereocenters. The van der Waals surface area contributed by atoms with Crippen molar-refractivity contribution in [2.24, 2.45) is 0 Å². The van der Waals surface area contributed by atoms with E-state index in [1.165, 1.54) is 11.9 Å². The molecule has 1 aliphatic rings. The van der Waals surface area contributed by atoms with E-state index in [2.05, 4.69) is 4.98 Å². The molecule has 1 fully saturated rings. The predicted molar refractivity (Wildman–Crippen MR) is 52.9 cm³/mol. The van der Waals surface area contributed by atoms with E-state index < -0.39 is 6.04 Å². The molecule has 5 nitrogen and oxygen atoms in total. The van der Waals surface area contributed by atoms with E-state index in [0.29, 0.717) is 0 Å². The van der Waals surface area contributed by atoms with Crippen LogP contribution in [0.25, 0.3) is 0 Å². The molecule has 2 rings (SSSR count). The van der Waals surface area contributed by atoms with Crippen LogP contribution in [0.3, 0.4) is 0 Å². The van der Waals surface area contributed by atoms with Crippen molar-refractivity contribution in [3.05, 3.63) is 30.1 Å². The first-order valence-corrected chi connectivity index (χ1v) is 4.57. The Kier molecular flexibility index (Phi) is 2.15. The van der Waals surface area contributed by atoms with Gasteiger partial charge in [-0.05, 0) is 17.7 Å². The summed E-state index contributed by atoms with van der Waals surface area (Å²) in [6.07, 6.45) is 3.22. The Morgan fingerprint density at radius 2 is 1.80 bits per heavy atom. The molecule has 0 bridgehead atoms. The van der Waals surface area contributed by atoms with Gasteiger partial charge in [-0.2, -0.15) is 0 Å². The number of carbonyl (C=O) groups is 2. The molecule has 2 heterocycles. The number of amides is 3. The summed E-state index contributed by atoms with van der Waals surface area (Å²) >= 11 is 0. The van der Waals surface area contributed by atoms with Gasteiger partial charge in [0.25, 0.3) is 5.91 Å². The normalized spacial score (nSPS) is 21.3. The quantitative estimate of drug-likeness (QED) is 0.632. The highest BCUT2D eigenvalue weighted by Gasteiger charge is 2.41. The van der Waals surface area contributed by atoms with Crippen LogP contribution in [0.4, 0.5) is 4.79 Å². The number of rotatable bonds is 1. The lowest BCUT2D eigenvalue weighted by atomic mass is 10.1. The first kappa shape index (κ1) is 9.64. The predicted octanol–water partition coefficient (Wildman–Crippen LogP) is 0.647. The van der Waals surface area contributed by atoms with E-state index in [0.717, 1.165) is 10.5 Å². The first-order chi connectivity index (χ1) is 7.13. The SMILES string of the molecule is CN1C(=O)C(c2ccncc2)N(C)C1=O. The zero-order valence-corrected chi connectivity index (χ0v) is 8.54. The van der Waals surface area contributed by atoms with Crippen molar-refractivity contribution in [3.63, 3.8) is 0 Å². The van der Waals surface area contributed by atoms with Gasteiger partial charge in [0.15, 0.2) is 0 Å². The van der Waals surface area contributed by atoms with E-state index in [1.807, 2.05) is 0 Å². The summed E-state index contributed by atoms with van der Waals surface area (Å²) < 4.78 is 0. The number of hydrogen-bond acceptors (Lipinski definition) is 3. The average molecular weight is 205 g/mol. The van der Waals surface area contributed by atoms with Gasteiger partial charge in [-0.25, -0.2) is 4.79 Å². The monoisotopic (exact) mass is 205 g/mol. The Morgan fingerprint density at radius 3 is 2.27 bits per heavy atom. The summed E-state index contributed by atoms with van der Waals surface area (Å²) in [6.45, 7) is 0. The number of likely N-dealkylation sites (N-methyl/N-ethyl adjacent to an activating group) is 2. The molecule has 5 heteroatoms. The van der Waals surface area contributed by atoms with Crippen LogP contribution < -0.4 is 0 Å². The zero-order valence-electron chi connectivity index (χ0n) is 8.54. The summed E-state index contributed by atoms with van der Waals surface area (Å²) in [5, 5.41) is 0. The molecule has 3 amide bonds. The number of nitrogens with zero attached hydrogens (tertiary/aromatic N) is 3. The van der Waals surface area contributed by atoms with Crippen molar-refractivity contribution in [1.29, 1.82) is 0 Å². The van der Waals surface area contributed by atoms with Crippen LogP contribution >= 0.6 is 0 Å². The highest BCUT2D eigenvalue weighted by Crippen LogP contribution is 2.27. The molecular formula is C10H11N3O2. The van der Waals surface area contributed by atoms with E-state index in [9.17, 15) is 9.59 Å². The van der Waals surface area contributed by atoms with Gasteiger partial charge in [-0.1, -0.05) is 0 Å². The second-order valence-corrected chi connectivity index (χ2v) is 3.47. The Labute approximate surface area is 87.3 Å². The number of urea groups is 1. The van der Waals surface area contributed by atoms with Gasteiger partial charge in [-0.15, -0.1) is 0 Å². The van der Waals surface area contributed by atoms with Crippen LogP contribution in [-0.4, -0.2) is 40.8 Å². The number of carbonyl (C=O) groups excluding carboxylic acids is 2. The largest absolute Gasteiger partial charge is 0.327 e. The van der Waals surface area contributed by atoms with Crippen molar-refractivity contribution in [1.82, 2.24) is 14.8 Å². The van der Waals surface area contributed by atoms with Crippen LogP contribution in [0.1, 0.15) is 11.6 Å². The molecule has 15 heavy (non-hydrogen) atoms. The molecule has 0 aliphatic carbocycles. The molecule has 1 aliphatic heterocycles. The lowest BCUT2D eigenvalue weighted by Crippen LogP contribution is -2.27. The molecule has 0 aromatic carbocycles. The number of imide groups is 1. The fraction of sp³-hybridized carbons (Fsp3) is 0.300. The molecule has 1 aromatic heterocycles. The summed E-state index contributed by atoms with van der Waals surface area (Å²) in [7, 11) is 3.11. The molecule has 1 unspecified atom stereocenters. The van der Waals surface area contributed by atoms with Gasteiger partial charge >= 0.3 is 6.03 Å². The summed E-state index contributed by atoms with van der Waals surface area (Å²) in [4.78, 5) is 29.7. The highest BCUT2D eigenvalue weighted by atomic mass is 16.2. The molecule has 1 saturated heterocycles. The Balaban J connectivity index is 2.39. The van der Waals surface area contributed by atoms with Gasteiger partial charge < -0.3 is 4.90 Å². The van der Waals surface area contributed by atoms with Crippen LogP contribution in [0.5, 0.6) is 0 Å². The van der Waals surface area contributed by atoms with Gasteiger partial charge in [0.2, 0.25) is 0 Å². The second-order valence-electron chi connectivity index (χ2n) is 3.47. The van der Waals surface area contributed by atoms with E-state index in [-0.39, 0.29) is 11.9 Å². The number of pyridine rings is 1. The van der Waals surface area contributed by atoms with Gasteiger partial charge in [0.05, 0.1) is 0 Å².